The second kappa shape index (κ2) is 10.9. The van der Waals surface area contributed by atoms with Crippen molar-refractivity contribution in [1.82, 2.24) is 15.0 Å². The fourth-order valence-corrected chi connectivity index (χ4v) is 3.75. The predicted molar refractivity (Wildman–Crippen MR) is 138 cm³/mol. The summed E-state index contributed by atoms with van der Waals surface area (Å²) in [5.41, 5.74) is 4.07. The molecule has 0 saturated carbocycles. The molecule has 4 rings (SSSR count). The molecule has 1 N–H and O–H groups in total. The van der Waals surface area contributed by atoms with Crippen molar-refractivity contribution < 1.29 is 19.0 Å². The first-order valence-electron chi connectivity index (χ1n) is 10.6. The number of methoxy groups -OCH3 is 3. The summed E-state index contributed by atoms with van der Waals surface area (Å²) in [5.74, 6) is 1.24. The normalized spacial score (nSPS) is 10.9. The van der Waals surface area contributed by atoms with Gasteiger partial charge in [-0.3, -0.25) is 4.79 Å². The van der Waals surface area contributed by atoms with Gasteiger partial charge in [-0.15, -0.1) is 5.10 Å². The molecule has 8 nitrogen and oxygen atoms in total. The molecule has 0 saturated heterocycles. The van der Waals surface area contributed by atoms with Crippen molar-refractivity contribution in [3.8, 4) is 34.2 Å². The number of amides is 1. The molecule has 0 spiro atoms. The molecule has 4 aromatic rings. The van der Waals surface area contributed by atoms with Crippen molar-refractivity contribution in [2.75, 3.05) is 26.6 Å². The van der Waals surface area contributed by atoms with Crippen molar-refractivity contribution in [2.45, 2.75) is 0 Å². The quantitative estimate of drug-likeness (QED) is 0.305. The van der Waals surface area contributed by atoms with Gasteiger partial charge < -0.3 is 19.5 Å². The minimum Gasteiger partial charge on any atom is -0.493 e. The van der Waals surface area contributed by atoms with Crippen LogP contribution >= 0.6 is 15.9 Å². The molecule has 0 unspecified atom stereocenters. The average Bonchev–Trinajstić information content (AvgIpc) is 3.37. The first-order valence-corrected chi connectivity index (χ1v) is 11.4. The number of hydrogen-bond donors (Lipinski definition) is 1. The topological polar surface area (TPSA) is 87.5 Å². The number of anilines is 1. The molecule has 35 heavy (non-hydrogen) atoms. The molecule has 0 radical (unpaired) electrons. The van der Waals surface area contributed by atoms with E-state index in [1.165, 1.54) is 6.08 Å². The number of nitrogens with zero attached hydrogens (tertiary/aromatic N) is 3. The molecule has 1 amide bonds. The zero-order valence-corrected chi connectivity index (χ0v) is 20.9. The summed E-state index contributed by atoms with van der Waals surface area (Å²) in [6, 6.07) is 18.8. The third-order valence-corrected chi connectivity index (χ3v) is 5.71. The van der Waals surface area contributed by atoms with E-state index in [0.29, 0.717) is 22.9 Å². The van der Waals surface area contributed by atoms with Crippen LogP contribution in [0.25, 0.3) is 23.0 Å². The van der Waals surface area contributed by atoms with E-state index in [-0.39, 0.29) is 5.91 Å². The zero-order chi connectivity index (χ0) is 24.8. The number of benzene rings is 3. The largest absolute Gasteiger partial charge is 0.493 e. The number of ether oxygens (including phenoxy) is 3. The van der Waals surface area contributed by atoms with E-state index in [1.807, 2.05) is 48.5 Å². The first-order chi connectivity index (χ1) is 17.0. The van der Waals surface area contributed by atoms with Gasteiger partial charge in [-0.2, -0.15) is 0 Å². The second-order valence-corrected chi connectivity index (χ2v) is 8.28. The summed E-state index contributed by atoms with van der Waals surface area (Å²) < 4.78 is 18.8. The van der Waals surface area contributed by atoms with Crippen LogP contribution in [-0.2, 0) is 4.79 Å². The Morgan fingerprint density at radius 1 is 0.943 bits per heavy atom. The summed E-state index contributed by atoms with van der Waals surface area (Å²) in [4.78, 5) is 12.5. The maximum absolute atomic E-state index is 12.5. The number of aromatic nitrogens is 3. The number of nitrogens with one attached hydrogen (secondary N) is 1. The van der Waals surface area contributed by atoms with E-state index in [9.17, 15) is 4.79 Å². The highest BCUT2D eigenvalue weighted by Crippen LogP contribution is 2.38. The SMILES string of the molecule is COc1cc(/C=C/C(=O)Nc2ccc(-n3nncc3-c3ccc(Br)cc3)cc2)cc(OC)c1OC. The monoisotopic (exact) mass is 534 g/mol. The van der Waals surface area contributed by atoms with Gasteiger partial charge >= 0.3 is 0 Å². The van der Waals surface area contributed by atoms with Crippen LogP contribution in [0.5, 0.6) is 17.2 Å². The van der Waals surface area contributed by atoms with Gasteiger partial charge in [-0.25, -0.2) is 4.68 Å². The molecule has 3 aromatic carbocycles. The lowest BCUT2D eigenvalue weighted by Gasteiger charge is -2.12. The van der Waals surface area contributed by atoms with Crippen LogP contribution in [-0.4, -0.2) is 42.2 Å². The Morgan fingerprint density at radius 3 is 2.20 bits per heavy atom. The van der Waals surface area contributed by atoms with Crippen molar-refractivity contribution >= 4 is 33.6 Å². The molecular weight excluding hydrogens is 512 g/mol. The minimum absolute atomic E-state index is 0.275. The second-order valence-electron chi connectivity index (χ2n) is 7.37. The maximum atomic E-state index is 12.5. The van der Waals surface area contributed by atoms with E-state index in [4.69, 9.17) is 14.2 Å². The van der Waals surface area contributed by atoms with Gasteiger partial charge in [0.25, 0.3) is 0 Å². The van der Waals surface area contributed by atoms with Crippen LogP contribution in [0.15, 0.2) is 77.4 Å². The molecule has 0 aliphatic rings. The standard InChI is InChI=1S/C26H23BrN4O4/c1-33-23-14-17(15-24(34-2)26(23)35-3)4-13-25(32)29-20-9-11-21(12-10-20)31-22(16-28-30-31)18-5-7-19(27)8-6-18/h4-16H,1-3H3,(H,29,32)/b13-4+. The lowest BCUT2D eigenvalue weighted by Crippen LogP contribution is -2.08. The highest BCUT2D eigenvalue weighted by Gasteiger charge is 2.12. The average molecular weight is 535 g/mol. The molecular formula is C26H23BrN4O4. The zero-order valence-electron chi connectivity index (χ0n) is 19.4. The summed E-state index contributed by atoms with van der Waals surface area (Å²) in [6.07, 6.45) is 4.83. The number of hydrogen-bond acceptors (Lipinski definition) is 6. The van der Waals surface area contributed by atoms with Gasteiger partial charge in [0.2, 0.25) is 11.7 Å². The molecule has 9 heteroatoms. The Bertz CT molecular complexity index is 1320. The van der Waals surface area contributed by atoms with Crippen molar-refractivity contribution in [1.29, 1.82) is 0 Å². The minimum atomic E-state index is -0.275. The van der Waals surface area contributed by atoms with Gasteiger partial charge in [-0.05, 0) is 60.2 Å². The lowest BCUT2D eigenvalue weighted by atomic mass is 10.1. The van der Waals surface area contributed by atoms with Gasteiger partial charge in [0, 0.05) is 21.8 Å². The van der Waals surface area contributed by atoms with Crippen LogP contribution in [0.1, 0.15) is 5.56 Å². The number of carbonyl (C=O) groups excluding carboxylic acids is 1. The highest BCUT2D eigenvalue weighted by atomic mass is 79.9. The first kappa shape index (κ1) is 24.0. The van der Waals surface area contributed by atoms with Gasteiger partial charge in [0.15, 0.2) is 11.5 Å². The summed E-state index contributed by atoms with van der Waals surface area (Å²) in [6.45, 7) is 0. The van der Waals surface area contributed by atoms with Crippen molar-refractivity contribution in [3.05, 3.63) is 83.0 Å². The van der Waals surface area contributed by atoms with Crippen molar-refractivity contribution in [3.63, 3.8) is 0 Å². The predicted octanol–water partition coefficient (Wildman–Crippen LogP) is 5.37. The molecule has 0 fully saturated rings. The molecule has 0 aliphatic heterocycles. The van der Waals surface area contributed by atoms with Gasteiger partial charge in [0.1, 0.15) is 0 Å². The van der Waals surface area contributed by atoms with Crippen molar-refractivity contribution in [2.24, 2.45) is 0 Å². The fraction of sp³-hybridized carbons (Fsp3) is 0.115. The highest BCUT2D eigenvalue weighted by molar-refractivity contribution is 9.10. The van der Waals surface area contributed by atoms with Crippen LogP contribution < -0.4 is 19.5 Å². The Balaban J connectivity index is 1.46. The smallest absolute Gasteiger partial charge is 0.248 e. The summed E-state index contributed by atoms with van der Waals surface area (Å²) >= 11 is 3.45. The number of halogens is 1. The maximum Gasteiger partial charge on any atom is 0.248 e. The molecule has 1 aromatic heterocycles. The molecule has 0 bridgehead atoms. The molecule has 0 atom stereocenters. The third kappa shape index (κ3) is 5.52. The Morgan fingerprint density at radius 2 is 1.60 bits per heavy atom. The molecule has 0 aliphatic carbocycles. The van der Waals surface area contributed by atoms with Crippen LogP contribution in [0.4, 0.5) is 5.69 Å². The van der Waals surface area contributed by atoms with Gasteiger partial charge in [-0.1, -0.05) is 33.3 Å². The van der Waals surface area contributed by atoms with E-state index < -0.39 is 0 Å². The van der Waals surface area contributed by atoms with Gasteiger partial charge in [0.05, 0.1) is 38.9 Å². The third-order valence-electron chi connectivity index (χ3n) is 5.18. The van der Waals surface area contributed by atoms with Crippen LogP contribution in [0.3, 0.4) is 0 Å². The van der Waals surface area contributed by atoms with E-state index >= 15 is 0 Å². The fourth-order valence-electron chi connectivity index (χ4n) is 3.48. The Labute approximate surface area is 211 Å². The number of rotatable bonds is 8. The Kier molecular flexibility index (Phi) is 7.47. The summed E-state index contributed by atoms with van der Waals surface area (Å²) in [5, 5.41) is 11.1. The van der Waals surface area contributed by atoms with E-state index in [2.05, 4.69) is 31.6 Å². The Hall–Kier alpha value is -4.11. The number of carbonyl (C=O) groups is 1. The van der Waals surface area contributed by atoms with E-state index in [0.717, 1.165) is 27.0 Å². The van der Waals surface area contributed by atoms with Crippen LogP contribution in [0, 0.1) is 0 Å². The van der Waals surface area contributed by atoms with E-state index in [1.54, 1.807) is 50.4 Å². The molecule has 178 valence electrons. The van der Waals surface area contributed by atoms with Crippen LogP contribution in [0.2, 0.25) is 0 Å². The molecule has 1 heterocycles. The lowest BCUT2D eigenvalue weighted by molar-refractivity contribution is -0.111. The summed E-state index contributed by atoms with van der Waals surface area (Å²) in [7, 11) is 4.63.